The average Bonchev–Trinajstić information content (AvgIpc) is 2.82. The number of nitrogens with two attached hydrogens (primary N) is 1. The van der Waals surface area contributed by atoms with Gasteiger partial charge in [-0.1, -0.05) is 42.7 Å². The van der Waals surface area contributed by atoms with E-state index in [1.807, 2.05) is 31.2 Å². The molecular weight excluding hydrogens is 248 g/mol. The number of rotatable bonds is 3. The molecule has 100 valence electrons. The molecular formula is C14H21ClN2O. The Labute approximate surface area is 115 Å². The highest BCUT2D eigenvalue weighted by Crippen LogP contribution is 2.19. The van der Waals surface area contributed by atoms with Crippen LogP contribution in [0.15, 0.2) is 24.3 Å². The van der Waals surface area contributed by atoms with Crippen LogP contribution in [0.25, 0.3) is 0 Å². The molecule has 0 radical (unpaired) electrons. The minimum Gasteiger partial charge on any atom is -0.352 e. The molecule has 1 aliphatic carbocycles. The summed E-state index contributed by atoms with van der Waals surface area (Å²) in [6.07, 6.45) is 4.61. The van der Waals surface area contributed by atoms with Crippen LogP contribution in [-0.2, 0) is 4.79 Å². The Kier molecular flexibility index (Phi) is 5.63. The summed E-state index contributed by atoms with van der Waals surface area (Å²) in [6.45, 7) is 2.02. The molecule has 1 aromatic rings. The second kappa shape index (κ2) is 6.76. The van der Waals surface area contributed by atoms with Crippen molar-refractivity contribution in [2.75, 3.05) is 0 Å². The first-order valence-corrected chi connectivity index (χ1v) is 6.29. The zero-order valence-corrected chi connectivity index (χ0v) is 11.5. The SMILES string of the molecule is Cc1ccc(C(N)C(=O)NC2CCCC2)cc1.Cl. The number of halogens is 1. The lowest BCUT2D eigenvalue weighted by Gasteiger charge is -2.16. The van der Waals surface area contributed by atoms with Gasteiger partial charge < -0.3 is 11.1 Å². The van der Waals surface area contributed by atoms with Crippen molar-refractivity contribution in [1.82, 2.24) is 5.32 Å². The monoisotopic (exact) mass is 268 g/mol. The van der Waals surface area contributed by atoms with Crippen LogP contribution in [0.2, 0.25) is 0 Å². The third-order valence-corrected chi connectivity index (χ3v) is 3.42. The van der Waals surface area contributed by atoms with E-state index in [1.165, 1.54) is 18.4 Å². The van der Waals surface area contributed by atoms with Crippen LogP contribution in [0, 0.1) is 6.92 Å². The molecule has 3 nitrogen and oxygen atoms in total. The van der Waals surface area contributed by atoms with Crippen LogP contribution in [-0.4, -0.2) is 11.9 Å². The summed E-state index contributed by atoms with van der Waals surface area (Å²) in [4.78, 5) is 11.9. The first-order chi connectivity index (χ1) is 8.16. The molecule has 18 heavy (non-hydrogen) atoms. The maximum absolute atomic E-state index is 11.9. The normalized spacial score (nSPS) is 17.0. The molecule has 3 N–H and O–H groups in total. The summed E-state index contributed by atoms with van der Waals surface area (Å²) >= 11 is 0. The van der Waals surface area contributed by atoms with E-state index in [4.69, 9.17) is 5.73 Å². The Morgan fingerprint density at radius 3 is 2.39 bits per heavy atom. The second-order valence-corrected chi connectivity index (χ2v) is 4.88. The van der Waals surface area contributed by atoms with Crippen LogP contribution >= 0.6 is 12.4 Å². The predicted octanol–water partition coefficient (Wildman–Crippen LogP) is 2.48. The molecule has 1 aliphatic rings. The highest BCUT2D eigenvalue weighted by Gasteiger charge is 2.21. The van der Waals surface area contributed by atoms with Gasteiger partial charge in [-0.25, -0.2) is 0 Å². The van der Waals surface area contributed by atoms with Gasteiger partial charge in [0.25, 0.3) is 0 Å². The van der Waals surface area contributed by atoms with Gasteiger partial charge in [-0.05, 0) is 25.3 Å². The first-order valence-electron chi connectivity index (χ1n) is 6.29. The lowest BCUT2D eigenvalue weighted by molar-refractivity contribution is -0.123. The molecule has 2 rings (SSSR count). The minimum atomic E-state index is -0.545. The molecule has 1 aromatic carbocycles. The van der Waals surface area contributed by atoms with E-state index < -0.39 is 6.04 Å². The van der Waals surface area contributed by atoms with Gasteiger partial charge in [0.15, 0.2) is 0 Å². The van der Waals surface area contributed by atoms with Gasteiger partial charge >= 0.3 is 0 Å². The van der Waals surface area contributed by atoms with E-state index in [-0.39, 0.29) is 18.3 Å². The summed E-state index contributed by atoms with van der Waals surface area (Å²) in [5.41, 5.74) is 8.01. The van der Waals surface area contributed by atoms with E-state index in [0.717, 1.165) is 18.4 Å². The maximum Gasteiger partial charge on any atom is 0.241 e. The lowest BCUT2D eigenvalue weighted by Crippen LogP contribution is -2.39. The minimum absolute atomic E-state index is 0. The van der Waals surface area contributed by atoms with Gasteiger partial charge in [0.1, 0.15) is 6.04 Å². The van der Waals surface area contributed by atoms with E-state index >= 15 is 0 Å². The molecule has 1 fully saturated rings. The zero-order valence-electron chi connectivity index (χ0n) is 10.7. The standard InChI is InChI=1S/C14H20N2O.ClH/c1-10-6-8-11(9-7-10)13(15)14(17)16-12-4-2-3-5-12;/h6-9,12-13H,2-5,15H2,1H3,(H,16,17);1H. The summed E-state index contributed by atoms with van der Waals surface area (Å²) in [7, 11) is 0. The van der Waals surface area contributed by atoms with Crippen LogP contribution in [0.5, 0.6) is 0 Å². The molecule has 4 heteroatoms. The van der Waals surface area contributed by atoms with Crippen LogP contribution in [0.3, 0.4) is 0 Å². The molecule has 1 unspecified atom stereocenters. The highest BCUT2D eigenvalue weighted by atomic mass is 35.5. The summed E-state index contributed by atoms with van der Waals surface area (Å²) < 4.78 is 0. The van der Waals surface area contributed by atoms with Crippen molar-refractivity contribution in [3.8, 4) is 0 Å². The zero-order chi connectivity index (χ0) is 12.3. The third kappa shape index (κ3) is 3.72. The number of nitrogens with one attached hydrogen (secondary N) is 1. The van der Waals surface area contributed by atoms with Crippen LogP contribution in [0.4, 0.5) is 0 Å². The van der Waals surface area contributed by atoms with E-state index in [9.17, 15) is 4.79 Å². The van der Waals surface area contributed by atoms with Gasteiger partial charge in [0, 0.05) is 6.04 Å². The van der Waals surface area contributed by atoms with Crippen molar-refractivity contribution in [2.45, 2.75) is 44.7 Å². The fourth-order valence-corrected chi connectivity index (χ4v) is 2.29. The van der Waals surface area contributed by atoms with Crippen molar-refractivity contribution in [3.63, 3.8) is 0 Å². The Bertz CT molecular complexity index is 385. The molecule has 0 saturated heterocycles. The van der Waals surface area contributed by atoms with Gasteiger partial charge in [-0.15, -0.1) is 12.4 Å². The average molecular weight is 269 g/mol. The summed E-state index contributed by atoms with van der Waals surface area (Å²) in [6, 6.07) is 7.61. The molecule has 1 atom stereocenters. The Morgan fingerprint density at radius 1 is 1.28 bits per heavy atom. The van der Waals surface area contributed by atoms with Gasteiger partial charge in [-0.2, -0.15) is 0 Å². The second-order valence-electron chi connectivity index (χ2n) is 4.88. The molecule has 1 saturated carbocycles. The molecule has 0 bridgehead atoms. The first kappa shape index (κ1) is 15.0. The van der Waals surface area contributed by atoms with Gasteiger partial charge in [-0.3, -0.25) is 4.79 Å². The highest BCUT2D eigenvalue weighted by molar-refractivity contribution is 5.85. The number of carbonyl (C=O) groups is 1. The molecule has 0 heterocycles. The van der Waals surface area contributed by atoms with Crippen molar-refractivity contribution in [2.24, 2.45) is 5.73 Å². The quantitative estimate of drug-likeness (QED) is 0.885. The smallest absolute Gasteiger partial charge is 0.241 e. The maximum atomic E-state index is 11.9. The van der Waals surface area contributed by atoms with Gasteiger partial charge in [0.05, 0.1) is 0 Å². The Morgan fingerprint density at radius 2 is 1.83 bits per heavy atom. The number of hydrogen-bond acceptors (Lipinski definition) is 2. The number of aryl methyl sites for hydroxylation is 1. The molecule has 0 aliphatic heterocycles. The number of hydrogen-bond donors (Lipinski definition) is 2. The fraction of sp³-hybridized carbons (Fsp3) is 0.500. The fourth-order valence-electron chi connectivity index (χ4n) is 2.29. The van der Waals surface area contributed by atoms with Gasteiger partial charge in [0.2, 0.25) is 5.91 Å². The largest absolute Gasteiger partial charge is 0.352 e. The topological polar surface area (TPSA) is 55.1 Å². The van der Waals surface area contributed by atoms with Crippen molar-refractivity contribution >= 4 is 18.3 Å². The van der Waals surface area contributed by atoms with Crippen LogP contribution in [0.1, 0.15) is 42.9 Å². The summed E-state index contributed by atoms with van der Waals surface area (Å²) in [5.74, 6) is -0.0549. The number of amides is 1. The van der Waals surface area contributed by atoms with E-state index in [0.29, 0.717) is 6.04 Å². The van der Waals surface area contributed by atoms with E-state index in [1.54, 1.807) is 0 Å². The van der Waals surface area contributed by atoms with E-state index in [2.05, 4.69) is 5.32 Å². The summed E-state index contributed by atoms with van der Waals surface area (Å²) in [5, 5.41) is 3.03. The molecule has 0 spiro atoms. The van der Waals surface area contributed by atoms with Crippen molar-refractivity contribution < 1.29 is 4.79 Å². The number of carbonyl (C=O) groups excluding carboxylic acids is 1. The third-order valence-electron chi connectivity index (χ3n) is 3.42. The molecule has 0 aromatic heterocycles. The number of benzene rings is 1. The van der Waals surface area contributed by atoms with Crippen molar-refractivity contribution in [3.05, 3.63) is 35.4 Å². The van der Waals surface area contributed by atoms with Crippen molar-refractivity contribution in [1.29, 1.82) is 0 Å². The van der Waals surface area contributed by atoms with Crippen LogP contribution < -0.4 is 11.1 Å². The predicted molar refractivity (Wildman–Crippen MR) is 75.8 cm³/mol. The Balaban J connectivity index is 0.00000162. The Hall–Kier alpha value is -1.06. The molecule has 1 amide bonds. The lowest BCUT2D eigenvalue weighted by atomic mass is 10.0.